The van der Waals surface area contributed by atoms with Crippen molar-refractivity contribution in [1.82, 2.24) is 9.66 Å². The Morgan fingerprint density at radius 3 is 2.37 bits per heavy atom. The molecule has 0 saturated heterocycles. The fourth-order valence-corrected chi connectivity index (χ4v) is 4.20. The van der Waals surface area contributed by atoms with Crippen LogP contribution in [0.2, 0.25) is 0 Å². The molecule has 1 heterocycles. The average molecular weight is 580 g/mol. The average Bonchev–Trinajstić information content (AvgIpc) is 2.92. The van der Waals surface area contributed by atoms with Gasteiger partial charge < -0.3 is 19.3 Å². The lowest BCUT2D eigenvalue weighted by Crippen LogP contribution is -2.22. The normalized spacial score (nSPS) is 11.2. The first-order chi connectivity index (χ1) is 18.3. The van der Waals surface area contributed by atoms with Gasteiger partial charge in [0.25, 0.3) is 5.56 Å². The molecule has 1 N–H and O–H groups in total. The third-order valence-electron chi connectivity index (χ3n) is 5.74. The van der Waals surface area contributed by atoms with Crippen LogP contribution >= 0.6 is 15.9 Å². The highest BCUT2D eigenvalue weighted by molar-refractivity contribution is 9.10. The van der Waals surface area contributed by atoms with Gasteiger partial charge in [0.1, 0.15) is 12.4 Å². The number of nitrogens with zero attached hydrogens (tertiary/aromatic N) is 3. The number of hydrogen-bond donors (Lipinski definition) is 1. The number of ether oxygens (including phenoxy) is 3. The minimum Gasteiger partial charge on any atom is -0.493 e. The fraction of sp³-hybridized carbons (Fsp3) is 0.214. The summed E-state index contributed by atoms with van der Waals surface area (Å²) in [5.74, 6) is 0.783. The van der Waals surface area contributed by atoms with Gasteiger partial charge in [-0.05, 0) is 54.4 Å². The Bertz CT molecular complexity index is 1540. The number of hydrogen-bond acceptors (Lipinski definition) is 7. The van der Waals surface area contributed by atoms with Crippen molar-refractivity contribution < 1.29 is 24.1 Å². The van der Waals surface area contributed by atoms with Gasteiger partial charge in [-0.3, -0.25) is 4.79 Å². The number of carbonyl (C=O) groups is 1. The Morgan fingerprint density at radius 2 is 1.76 bits per heavy atom. The van der Waals surface area contributed by atoms with Gasteiger partial charge in [0, 0.05) is 16.5 Å². The molecule has 0 aliphatic heterocycles. The largest absolute Gasteiger partial charge is 0.493 e. The Morgan fingerprint density at radius 1 is 1.08 bits per heavy atom. The molecule has 196 valence electrons. The second-order valence-corrected chi connectivity index (χ2v) is 9.26. The van der Waals surface area contributed by atoms with Crippen LogP contribution in [-0.2, 0) is 13.0 Å². The zero-order valence-corrected chi connectivity index (χ0v) is 22.7. The van der Waals surface area contributed by atoms with E-state index in [1.54, 1.807) is 36.5 Å². The molecule has 4 aromatic rings. The lowest BCUT2D eigenvalue weighted by molar-refractivity contribution is 0.0697. The second-order valence-electron chi connectivity index (χ2n) is 8.35. The lowest BCUT2D eigenvalue weighted by Gasteiger charge is -2.15. The molecule has 0 unspecified atom stereocenters. The van der Waals surface area contributed by atoms with Crippen LogP contribution in [0.5, 0.6) is 17.2 Å². The summed E-state index contributed by atoms with van der Waals surface area (Å²) < 4.78 is 19.2. The van der Waals surface area contributed by atoms with E-state index >= 15 is 0 Å². The predicted octanol–water partition coefficient (Wildman–Crippen LogP) is 5.29. The smallest absolute Gasteiger partial charge is 0.335 e. The molecule has 0 fully saturated rings. The maximum atomic E-state index is 13.3. The van der Waals surface area contributed by atoms with Gasteiger partial charge in [-0.15, -0.1) is 0 Å². The zero-order chi connectivity index (χ0) is 27.2. The number of rotatable bonds is 10. The molecule has 3 aromatic carbocycles. The quantitative estimate of drug-likeness (QED) is 0.254. The first-order valence-corrected chi connectivity index (χ1v) is 12.6. The van der Waals surface area contributed by atoms with Crippen LogP contribution in [0.3, 0.4) is 0 Å². The molecule has 0 saturated carbocycles. The van der Waals surface area contributed by atoms with Crippen LogP contribution < -0.4 is 19.8 Å². The Kier molecular flexibility index (Phi) is 8.42. The van der Waals surface area contributed by atoms with Gasteiger partial charge >= 0.3 is 5.97 Å². The Balaban J connectivity index is 1.66. The standard InChI is InChI=1S/C28H26BrN3O6/c1-4-5-25-31-22-11-10-20(29)14-21(22)27(33)32(25)30-15-18-12-23(36-2)26(24(13-18)37-3)38-16-17-6-8-19(9-7-17)28(34)35/h6-15H,4-5,16H2,1-3H3,(H,34,35). The third kappa shape index (κ3) is 5.86. The van der Waals surface area contributed by atoms with Crippen molar-refractivity contribution in [2.24, 2.45) is 5.10 Å². The molecule has 10 heteroatoms. The molecular weight excluding hydrogens is 554 g/mol. The number of fused-ring (bicyclic) bond motifs is 1. The number of carboxylic acid groups (broad SMARTS) is 1. The van der Waals surface area contributed by atoms with E-state index < -0.39 is 5.97 Å². The van der Waals surface area contributed by atoms with Gasteiger partial charge in [0.05, 0.1) is 36.9 Å². The van der Waals surface area contributed by atoms with E-state index in [9.17, 15) is 9.59 Å². The van der Waals surface area contributed by atoms with Crippen molar-refractivity contribution in [2.75, 3.05) is 14.2 Å². The van der Waals surface area contributed by atoms with E-state index in [1.807, 2.05) is 19.1 Å². The van der Waals surface area contributed by atoms with Gasteiger partial charge in [-0.25, -0.2) is 9.78 Å². The molecule has 1 aromatic heterocycles. The Labute approximate surface area is 227 Å². The monoisotopic (exact) mass is 579 g/mol. The number of halogens is 1. The molecule has 0 spiro atoms. The second kappa shape index (κ2) is 11.9. The molecular formula is C28H26BrN3O6. The number of aromatic carboxylic acids is 1. The molecule has 9 nitrogen and oxygen atoms in total. The zero-order valence-electron chi connectivity index (χ0n) is 21.1. The molecule has 0 aliphatic rings. The van der Waals surface area contributed by atoms with E-state index in [4.69, 9.17) is 19.3 Å². The summed E-state index contributed by atoms with van der Waals surface area (Å²) in [6, 6.07) is 15.3. The molecule has 4 rings (SSSR count). The summed E-state index contributed by atoms with van der Waals surface area (Å²) in [6.45, 7) is 2.19. The minimum absolute atomic E-state index is 0.175. The predicted molar refractivity (Wildman–Crippen MR) is 148 cm³/mol. The van der Waals surface area contributed by atoms with Crippen LogP contribution in [0, 0.1) is 0 Å². The summed E-state index contributed by atoms with van der Waals surface area (Å²) >= 11 is 3.41. The molecule has 0 amide bonds. The van der Waals surface area contributed by atoms with E-state index in [0.717, 1.165) is 16.5 Å². The molecule has 0 atom stereocenters. The van der Waals surface area contributed by atoms with Gasteiger partial charge in [0.15, 0.2) is 11.5 Å². The van der Waals surface area contributed by atoms with Gasteiger partial charge in [-0.1, -0.05) is 35.0 Å². The highest BCUT2D eigenvalue weighted by Gasteiger charge is 2.15. The van der Waals surface area contributed by atoms with Crippen molar-refractivity contribution in [3.63, 3.8) is 0 Å². The van der Waals surface area contributed by atoms with Crippen molar-refractivity contribution in [2.45, 2.75) is 26.4 Å². The topological polar surface area (TPSA) is 112 Å². The van der Waals surface area contributed by atoms with E-state index in [1.165, 1.54) is 31.0 Å². The van der Waals surface area contributed by atoms with Crippen LogP contribution in [0.25, 0.3) is 10.9 Å². The minimum atomic E-state index is -0.991. The molecule has 0 radical (unpaired) electrons. The van der Waals surface area contributed by atoms with Crippen LogP contribution in [0.15, 0.2) is 69.0 Å². The van der Waals surface area contributed by atoms with E-state index in [2.05, 4.69) is 26.0 Å². The fourth-order valence-electron chi connectivity index (χ4n) is 3.84. The summed E-state index contributed by atoms with van der Waals surface area (Å²) in [4.78, 5) is 29.0. The third-order valence-corrected chi connectivity index (χ3v) is 6.23. The first kappa shape index (κ1) is 26.9. The van der Waals surface area contributed by atoms with Crippen molar-refractivity contribution in [3.8, 4) is 17.2 Å². The summed E-state index contributed by atoms with van der Waals surface area (Å²) in [7, 11) is 3.03. The van der Waals surface area contributed by atoms with Crippen LogP contribution in [0.4, 0.5) is 0 Å². The number of aromatic nitrogens is 2. The van der Waals surface area contributed by atoms with Crippen molar-refractivity contribution in [1.29, 1.82) is 0 Å². The van der Waals surface area contributed by atoms with Gasteiger partial charge in [-0.2, -0.15) is 9.78 Å². The highest BCUT2D eigenvalue weighted by Crippen LogP contribution is 2.38. The highest BCUT2D eigenvalue weighted by atomic mass is 79.9. The molecule has 0 aliphatic carbocycles. The maximum absolute atomic E-state index is 13.3. The maximum Gasteiger partial charge on any atom is 0.335 e. The summed E-state index contributed by atoms with van der Waals surface area (Å²) in [5, 5.41) is 14.0. The van der Waals surface area contributed by atoms with Crippen molar-refractivity contribution in [3.05, 3.63) is 91.9 Å². The summed E-state index contributed by atoms with van der Waals surface area (Å²) in [6.07, 6.45) is 2.94. The summed E-state index contributed by atoms with van der Waals surface area (Å²) in [5.41, 5.74) is 1.96. The number of aryl methyl sites for hydroxylation is 1. The number of benzene rings is 3. The van der Waals surface area contributed by atoms with Gasteiger partial charge in [0.2, 0.25) is 5.75 Å². The molecule has 38 heavy (non-hydrogen) atoms. The first-order valence-electron chi connectivity index (χ1n) is 11.8. The number of methoxy groups -OCH3 is 2. The van der Waals surface area contributed by atoms with Crippen molar-refractivity contribution >= 4 is 39.0 Å². The SMILES string of the molecule is CCCc1nc2ccc(Br)cc2c(=O)n1N=Cc1cc(OC)c(OCc2ccc(C(=O)O)cc2)c(OC)c1. The van der Waals surface area contributed by atoms with Crippen LogP contribution in [-0.4, -0.2) is 41.2 Å². The Hall–Kier alpha value is -4.18. The van der Waals surface area contributed by atoms with E-state index in [-0.39, 0.29) is 17.7 Å². The van der Waals surface area contributed by atoms with Crippen LogP contribution in [0.1, 0.15) is 40.7 Å². The molecule has 0 bridgehead atoms. The lowest BCUT2D eigenvalue weighted by atomic mass is 10.1. The van der Waals surface area contributed by atoms with E-state index in [0.29, 0.717) is 46.0 Å². The number of carboxylic acids is 1.